The normalized spacial score (nSPS) is 20.3. The molecular formula is C22H27N5O3S. The number of nitrogens with one attached hydrogen (secondary N) is 2. The van der Waals surface area contributed by atoms with Crippen LogP contribution in [-0.2, 0) is 22.8 Å². The number of anilines is 1. The van der Waals surface area contributed by atoms with Crippen LogP contribution in [0.3, 0.4) is 0 Å². The third-order valence-corrected chi connectivity index (χ3v) is 6.34. The SMILES string of the molecule is CNC1=N[S+]([O-])Nc2cccc(OC[C@H]3CCCCN3C(=O)CCc3cccnc3)c21. The van der Waals surface area contributed by atoms with E-state index < -0.39 is 11.5 Å². The Kier molecular flexibility index (Phi) is 6.93. The fraction of sp³-hybridized carbons (Fsp3) is 0.409. The number of hydrogen-bond acceptors (Lipinski definition) is 7. The van der Waals surface area contributed by atoms with E-state index >= 15 is 0 Å². The number of rotatable bonds is 6. The first-order chi connectivity index (χ1) is 15.2. The van der Waals surface area contributed by atoms with Crippen LogP contribution < -0.4 is 14.8 Å². The predicted octanol–water partition coefficient (Wildman–Crippen LogP) is 2.44. The lowest BCUT2D eigenvalue weighted by atomic mass is 10.0. The van der Waals surface area contributed by atoms with E-state index in [1.54, 1.807) is 13.2 Å². The van der Waals surface area contributed by atoms with Crippen LogP contribution in [0.5, 0.6) is 5.75 Å². The molecule has 0 aliphatic carbocycles. The minimum absolute atomic E-state index is 0.0339. The molecule has 1 aromatic heterocycles. The fourth-order valence-corrected chi connectivity index (χ4v) is 4.78. The smallest absolute Gasteiger partial charge is 0.223 e. The molecule has 1 unspecified atom stereocenters. The van der Waals surface area contributed by atoms with Gasteiger partial charge in [-0.3, -0.25) is 9.78 Å². The molecule has 2 N–H and O–H groups in total. The monoisotopic (exact) mass is 441 g/mol. The summed E-state index contributed by atoms with van der Waals surface area (Å²) in [5, 5.41) is 3.00. The summed E-state index contributed by atoms with van der Waals surface area (Å²) >= 11 is -1.52. The highest BCUT2D eigenvalue weighted by molar-refractivity contribution is 7.91. The number of fused-ring (bicyclic) bond motifs is 1. The highest BCUT2D eigenvalue weighted by Gasteiger charge is 2.29. The molecule has 9 heteroatoms. The number of carbonyl (C=O) groups is 1. The molecule has 1 fully saturated rings. The summed E-state index contributed by atoms with van der Waals surface area (Å²) < 4.78 is 25.0. The number of pyridine rings is 1. The van der Waals surface area contributed by atoms with Crippen molar-refractivity contribution in [2.75, 3.05) is 24.9 Å². The van der Waals surface area contributed by atoms with Crippen LogP contribution in [0.15, 0.2) is 47.1 Å². The molecular weight excluding hydrogens is 414 g/mol. The molecule has 2 atom stereocenters. The Balaban J connectivity index is 1.42. The molecule has 0 radical (unpaired) electrons. The Bertz CT molecular complexity index is 940. The third-order valence-electron chi connectivity index (χ3n) is 5.60. The zero-order valence-corrected chi connectivity index (χ0v) is 18.4. The largest absolute Gasteiger partial charge is 0.566 e. The summed E-state index contributed by atoms with van der Waals surface area (Å²) in [5.74, 6) is 1.33. The lowest BCUT2D eigenvalue weighted by molar-refractivity contribution is -0.135. The molecule has 1 amide bonds. The van der Waals surface area contributed by atoms with E-state index in [4.69, 9.17) is 4.74 Å². The number of ether oxygens (including phenoxy) is 1. The lowest BCUT2D eigenvalue weighted by Crippen LogP contribution is -2.46. The maximum atomic E-state index is 12.9. The molecule has 2 aliphatic heterocycles. The number of carbonyl (C=O) groups excluding carboxylic acids is 1. The molecule has 164 valence electrons. The van der Waals surface area contributed by atoms with Crippen molar-refractivity contribution in [1.29, 1.82) is 0 Å². The predicted molar refractivity (Wildman–Crippen MR) is 121 cm³/mol. The number of amidine groups is 1. The quantitative estimate of drug-likeness (QED) is 0.668. The number of amides is 1. The molecule has 8 nitrogen and oxygen atoms in total. The van der Waals surface area contributed by atoms with E-state index in [2.05, 4.69) is 19.4 Å². The van der Waals surface area contributed by atoms with Crippen LogP contribution in [0.4, 0.5) is 5.69 Å². The van der Waals surface area contributed by atoms with Gasteiger partial charge in [-0.1, -0.05) is 12.1 Å². The van der Waals surface area contributed by atoms with Gasteiger partial charge in [-0.05, 0) is 53.8 Å². The molecule has 2 aromatic rings. The molecule has 0 bridgehead atoms. The number of aromatic nitrogens is 1. The van der Waals surface area contributed by atoms with Crippen LogP contribution >= 0.6 is 0 Å². The highest BCUT2D eigenvalue weighted by Crippen LogP contribution is 2.31. The van der Waals surface area contributed by atoms with Gasteiger partial charge in [0.05, 0.1) is 17.3 Å². The van der Waals surface area contributed by atoms with Crippen molar-refractivity contribution in [2.45, 2.75) is 38.1 Å². The maximum Gasteiger partial charge on any atom is 0.223 e. The Morgan fingerprint density at radius 1 is 1.35 bits per heavy atom. The highest BCUT2D eigenvalue weighted by atomic mass is 32.2. The summed E-state index contributed by atoms with van der Waals surface area (Å²) in [7, 11) is 1.74. The second-order valence-corrected chi connectivity index (χ2v) is 8.51. The number of aryl methyl sites for hydroxylation is 1. The summed E-state index contributed by atoms with van der Waals surface area (Å²) in [6, 6.07) is 9.50. The van der Waals surface area contributed by atoms with Crippen molar-refractivity contribution in [2.24, 2.45) is 4.40 Å². The number of hydrogen-bond donors (Lipinski definition) is 2. The van der Waals surface area contributed by atoms with Gasteiger partial charge in [-0.25, -0.2) is 0 Å². The second-order valence-electron chi connectivity index (χ2n) is 7.63. The van der Waals surface area contributed by atoms with E-state index in [0.717, 1.165) is 36.9 Å². The zero-order valence-electron chi connectivity index (χ0n) is 17.5. The first-order valence-corrected chi connectivity index (χ1v) is 11.7. The summed E-state index contributed by atoms with van der Waals surface area (Å²) in [6.07, 6.45) is 7.72. The van der Waals surface area contributed by atoms with Crippen molar-refractivity contribution in [1.82, 2.24) is 15.2 Å². The van der Waals surface area contributed by atoms with Crippen molar-refractivity contribution in [3.8, 4) is 5.75 Å². The van der Waals surface area contributed by atoms with Crippen LogP contribution in [0, 0.1) is 0 Å². The number of likely N-dealkylation sites (tertiary alicyclic amines) is 1. The van der Waals surface area contributed by atoms with Crippen LogP contribution in [-0.4, -0.2) is 52.4 Å². The molecule has 1 aromatic carbocycles. The average Bonchev–Trinajstić information content (AvgIpc) is 2.81. The van der Waals surface area contributed by atoms with Gasteiger partial charge >= 0.3 is 0 Å². The summed E-state index contributed by atoms with van der Waals surface area (Å²) in [4.78, 5) is 19.0. The molecule has 2 aliphatic rings. The van der Waals surface area contributed by atoms with Crippen molar-refractivity contribution in [3.63, 3.8) is 0 Å². The Morgan fingerprint density at radius 3 is 3.06 bits per heavy atom. The van der Waals surface area contributed by atoms with Gasteiger partial charge < -0.3 is 19.5 Å². The first-order valence-electron chi connectivity index (χ1n) is 10.5. The first kappa shape index (κ1) is 21.5. The minimum atomic E-state index is -1.52. The van der Waals surface area contributed by atoms with Crippen molar-refractivity contribution < 1.29 is 14.1 Å². The zero-order chi connectivity index (χ0) is 21.6. The van der Waals surface area contributed by atoms with Crippen LogP contribution in [0.25, 0.3) is 0 Å². The molecule has 0 saturated carbocycles. The fourth-order valence-electron chi connectivity index (χ4n) is 4.03. The molecule has 0 spiro atoms. The van der Waals surface area contributed by atoms with Gasteiger partial charge in [-0.2, -0.15) is 4.72 Å². The molecule has 31 heavy (non-hydrogen) atoms. The maximum absolute atomic E-state index is 12.9. The molecule has 1 saturated heterocycles. The number of nitrogens with zero attached hydrogens (tertiary/aromatic N) is 3. The number of benzene rings is 1. The van der Waals surface area contributed by atoms with E-state index in [-0.39, 0.29) is 11.9 Å². The van der Waals surface area contributed by atoms with E-state index in [0.29, 0.717) is 36.7 Å². The van der Waals surface area contributed by atoms with E-state index in [1.165, 1.54) is 0 Å². The van der Waals surface area contributed by atoms with Gasteiger partial charge in [-0.15, -0.1) is 0 Å². The summed E-state index contributed by atoms with van der Waals surface area (Å²) in [6.45, 7) is 1.17. The Morgan fingerprint density at radius 2 is 2.26 bits per heavy atom. The lowest BCUT2D eigenvalue weighted by Gasteiger charge is -2.36. The number of piperidine rings is 1. The van der Waals surface area contributed by atoms with Gasteiger partial charge in [0.15, 0.2) is 5.84 Å². The third kappa shape index (κ3) is 5.11. The van der Waals surface area contributed by atoms with Gasteiger partial charge in [0.1, 0.15) is 12.4 Å². The van der Waals surface area contributed by atoms with Gasteiger partial charge in [0.25, 0.3) is 0 Å². The van der Waals surface area contributed by atoms with E-state index in [1.807, 2.05) is 41.4 Å². The minimum Gasteiger partial charge on any atom is -0.566 e. The van der Waals surface area contributed by atoms with Crippen molar-refractivity contribution >= 4 is 29.0 Å². The van der Waals surface area contributed by atoms with Gasteiger partial charge in [0, 0.05) is 32.4 Å². The van der Waals surface area contributed by atoms with E-state index in [9.17, 15) is 9.35 Å². The Hall–Kier alpha value is -2.78. The summed E-state index contributed by atoms with van der Waals surface area (Å²) in [5.41, 5.74) is 2.54. The standard InChI is InChI=1S/C22H27N5O3S/c1-23-22-21-18(25-31(29)26-22)8-4-9-19(21)30-15-17-7-2-3-13-27(17)20(28)11-10-16-6-5-12-24-14-16/h4-6,8-9,12,14,17,25H,2-3,7,10-11,13,15H2,1H3,(H,23,26)/t17-,31?/m1/s1. The second kappa shape index (κ2) is 10.0. The van der Waals surface area contributed by atoms with Crippen LogP contribution in [0.2, 0.25) is 0 Å². The Labute approximate surface area is 185 Å². The molecule has 4 rings (SSSR count). The van der Waals surface area contributed by atoms with Gasteiger partial charge in [0.2, 0.25) is 17.5 Å². The topological polar surface area (TPSA) is 102 Å². The molecule has 3 heterocycles. The van der Waals surface area contributed by atoms with Crippen molar-refractivity contribution in [3.05, 3.63) is 53.9 Å². The van der Waals surface area contributed by atoms with Crippen LogP contribution in [0.1, 0.15) is 36.8 Å². The average molecular weight is 442 g/mol.